The molecule has 0 radical (unpaired) electrons. The highest BCUT2D eigenvalue weighted by Gasteiger charge is 2.25. The van der Waals surface area contributed by atoms with E-state index >= 15 is 0 Å². The molecule has 138 valence electrons. The first-order chi connectivity index (χ1) is 12.7. The summed E-state index contributed by atoms with van der Waals surface area (Å²) in [4.78, 5) is 6.60. The molecule has 4 rings (SSSR count). The summed E-state index contributed by atoms with van der Waals surface area (Å²) in [5.74, 6) is 2.57. The molecule has 26 heavy (non-hydrogen) atoms. The zero-order valence-electron chi connectivity index (χ0n) is 15.5. The number of piperidine rings is 1. The standard InChI is InChI=1S/C18H26N8/c1-3-26-12-15(10-20-26)11-24-7-4-16(5-8-24)18-22-21-17(23(18)2)13-25-9-6-19-14-25/h6,9-10,12,14,16H,3-5,7-8,11,13H2,1-2H3. The summed E-state index contributed by atoms with van der Waals surface area (Å²) in [7, 11) is 2.08. The Kier molecular flexibility index (Phi) is 4.83. The van der Waals surface area contributed by atoms with Crippen LogP contribution in [0.2, 0.25) is 0 Å². The second-order valence-electron chi connectivity index (χ2n) is 7.02. The normalized spacial score (nSPS) is 16.4. The van der Waals surface area contributed by atoms with Crippen LogP contribution in [0.3, 0.4) is 0 Å². The van der Waals surface area contributed by atoms with Crippen LogP contribution in [0.1, 0.15) is 42.9 Å². The van der Waals surface area contributed by atoms with Crippen molar-refractivity contribution in [2.75, 3.05) is 13.1 Å². The van der Waals surface area contributed by atoms with Gasteiger partial charge in [0.1, 0.15) is 5.82 Å². The van der Waals surface area contributed by atoms with Gasteiger partial charge < -0.3 is 9.13 Å². The average Bonchev–Trinajstić information content (AvgIpc) is 3.39. The van der Waals surface area contributed by atoms with Gasteiger partial charge in [0.25, 0.3) is 0 Å². The van der Waals surface area contributed by atoms with E-state index in [9.17, 15) is 0 Å². The number of rotatable bonds is 6. The third-order valence-electron chi connectivity index (χ3n) is 5.25. The number of hydrogen-bond donors (Lipinski definition) is 0. The first-order valence-corrected chi connectivity index (χ1v) is 9.30. The van der Waals surface area contributed by atoms with Gasteiger partial charge in [-0.25, -0.2) is 4.98 Å². The van der Waals surface area contributed by atoms with Crippen molar-refractivity contribution in [3.8, 4) is 0 Å². The number of nitrogens with zero attached hydrogens (tertiary/aromatic N) is 8. The van der Waals surface area contributed by atoms with Crippen LogP contribution in [0.4, 0.5) is 0 Å². The second-order valence-corrected chi connectivity index (χ2v) is 7.02. The lowest BCUT2D eigenvalue weighted by molar-refractivity contribution is 0.200. The summed E-state index contributed by atoms with van der Waals surface area (Å²) in [5, 5.41) is 13.3. The van der Waals surface area contributed by atoms with Crippen molar-refractivity contribution < 1.29 is 0 Å². The third kappa shape index (κ3) is 3.55. The van der Waals surface area contributed by atoms with Crippen molar-refractivity contribution in [2.24, 2.45) is 7.05 Å². The quantitative estimate of drug-likeness (QED) is 0.673. The van der Waals surface area contributed by atoms with Crippen molar-refractivity contribution in [3.63, 3.8) is 0 Å². The maximum atomic E-state index is 4.49. The predicted octanol–water partition coefficient (Wildman–Crippen LogP) is 1.66. The fourth-order valence-electron chi connectivity index (χ4n) is 3.68. The predicted molar refractivity (Wildman–Crippen MR) is 97.5 cm³/mol. The zero-order valence-corrected chi connectivity index (χ0v) is 15.5. The topological polar surface area (TPSA) is 69.6 Å². The maximum Gasteiger partial charge on any atom is 0.152 e. The summed E-state index contributed by atoms with van der Waals surface area (Å²) in [6, 6.07) is 0. The van der Waals surface area contributed by atoms with E-state index < -0.39 is 0 Å². The van der Waals surface area contributed by atoms with Crippen LogP contribution in [-0.2, 0) is 26.7 Å². The Balaban J connectivity index is 1.35. The maximum absolute atomic E-state index is 4.49. The summed E-state index contributed by atoms with van der Waals surface area (Å²) in [6.07, 6.45) is 11.9. The Labute approximate surface area is 153 Å². The molecule has 0 N–H and O–H groups in total. The number of hydrogen-bond acceptors (Lipinski definition) is 5. The van der Waals surface area contributed by atoms with Crippen LogP contribution < -0.4 is 0 Å². The molecule has 1 aliphatic rings. The van der Waals surface area contributed by atoms with Gasteiger partial charge in [-0.3, -0.25) is 9.58 Å². The van der Waals surface area contributed by atoms with Crippen LogP contribution in [0, 0.1) is 0 Å². The van der Waals surface area contributed by atoms with Gasteiger partial charge in [0.05, 0.1) is 19.1 Å². The Bertz CT molecular complexity index is 823. The lowest BCUT2D eigenvalue weighted by Crippen LogP contribution is -2.33. The van der Waals surface area contributed by atoms with Crippen LogP contribution in [0.25, 0.3) is 0 Å². The first kappa shape index (κ1) is 17.0. The molecular formula is C18H26N8. The minimum Gasteiger partial charge on any atom is -0.330 e. The van der Waals surface area contributed by atoms with Crippen LogP contribution >= 0.6 is 0 Å². The fraction of sp³-hybridized carbons (Fsp3) is 0.556. The lowest BCUT2D eigenvalue weighted by atomic mass is 9.95. The molecule has 8 heteroatoms. The van der Waals surface area contributed by atoms with Crippen molar-refractivity contribution in [1.29, 1.82) is 0 Å². The summed E-state index contributed by atoms with van der Waals surface area (Å²) in [5.41, 5.74) is 1.30. The van der Waals surface area contributed by atoms with E-state index in [1.807, 2.05) is 28.0 Å². The highest BCUT2D eigenvalue weighted by Crippen LogP contribution is 2.27. The Morgan fingerprint density at radius 2 is 2.00 bits per heavy atom. The monoisotopic (exact) mass is 354 g/mol. The van der Waals surface area contributed by atoms with Gasteiger partial charge in [-0.05, 0) is 32.9 Å². The summed E-state index contributed by atoms with van der Waals surface area (Å²) in [6.45, 7) is 6.92. The SMILES string of the molecule is CCn1cc(CN2CCC(c3nnc(Cn4ccnc4)n3C)CC2)cn1. The van der Waals surface area contributed by atoms with Crippen LogP contribution in [0.5, 0.6) is 0 Å². The van der Waals surface area contributed by atoms with Crippen molar-refractivity contribution in [3.05, 3.63) is 48.3 Å². The number of aromatic nitrogens is 7. The minimum absolute atomic E-state index is 0.485. The Morgan fingerprint density at radius 3 is 2.69 bits per heavy atom. The molecule has 4 heterocycles. The van der Waals surface area contributed by atoms with Gasteiger partial charge in [-0.15, -0.1) is 10.2 Å². The van der Waals surface area contributed by atoms with E-state index in [0.717, 1.165) is 50.7 Å². The molecule has 0 aliphatic carbocycles. The zero-order chi connectivity index (χ0) is 17.9. The Morgan fingerprint density at radius 1 is 1.15 bits per heavy atom. The highest BCUT2D eigenvalue weighted by atomic mass is 15.3. The molecule has 1 saturated heterocycles. The molecule has 0 saturated carbocycles. The van der Waals surface area contributed by atoms with E-state index in [4.69, 9.17) is 0 Å². The van der Waals surface area contributed by atoms with Gasteiger partial charge in [0, 0.05) is 50.2 Å². The van der Waals surface area contributed by atoms with Crippen molar-refractivity contribution in [1.82, 2.24) is 39.0 Å². The second kappa shape index (κ2) is 7.41. The largest absolute Gasteiger partial charge is 0.330 e. The van der Waals surface area contributed by atoms with Gasteiger partial charge in [0.2, 0.25) is 0 Å². The molecule has 0 atom stereocenters. The van der Waals surface area contributed by atoms with Crippen molar-refractivity contribution >= 4 is 0 Å². The molecule has 0 amide bonds. The van der Waals surface area contributed by atoms with Gasteiger partial charge in [-0.2, -0.15) is 5.10 Å². The smallest absolute Gasteiger partial charge is 0.152 e. The molecule has 0 aromatic carbocycles. The van der Waals surface area contributed by atoms with Crippen molar-refractivity contribution in [2.45, 2.75) is 45.3 Å². The van der Waals surface area contributed by atoms with E-state index in [-0.39, 0.29) is 0 Å². The lowest BCUT2D eigenvalue weighted by Gasteiger charge is -2.31. The van der Waals surface area contributed by atoms with E-state index in [1.54, 1.807) is 6.20 Å². The fourth-order valence-corrected chi connectivity index (χ4v) is 3.68. The summed E-state index contributed by atoms with van der Waals surface area (Å²) < 4.78 is 6.17. The molecule has 3 aromatic heterocycles. The molecule has 3 aromatic rings. The molecule has 1 fully saturated rings. The summed E-state index contributed by atoms with van der Waals surface area (Å²) >= 11 is 0. The van der Waals surface area contributed by atoms with Crippen LogP contribution in [-0.4, -0.2) is 52.1 Å². The highest BCUT2D eigenvalue weighted by molar-refractivity contribution is 5.06. The molecule has 0 unspecified atom stereocenters. The number of aryl methyl sites for hydroxylation is 1. The minimum atomic E-state index is 0.485. The number of imidazole rings is 1. The third-order valence-corrected chi connectivity index (χ3v) is 5.25. The first-order valence-electron chi connectivity index (χ1n) is 9.30. The van der Waals surface area contributed by atoms with Crippen LogP contribution in [0.15, 0.2) is 31.1 Å². The van der Waals surface area contributed by atoms with Gasteiger partial charge >= 0.3 is 0 Å². The molecule has 0 bridgehead atoms. The van der Waals surface area contributed by atoms with E-state index in [2.05, 4.69) is 49.9 Å². The van der Waals surface area contributed by atoms with E-state index in [0.29, 0.717) is 12.5 Å². The number of likely N-dealkylation sites (tertiary alicyclic amines) is 1. The molecule has 1 aliphatic heterocycles. The Hall–Kier alpha value is -2.48. The molecule has 0 spiro atoms. The molecule has 8 nitrogen and oxygen atoms in total. The van der Waals surface area contributed by atoms with E-state index in [1.165, 1.54) is 5.56 Å². The van der Waals surface area contributed by atoms with Gasteiger partial charge in [0.15, 0.2) is 5.82 Å². The average molecular weight is 354 g/mol. The molecular weight excluding hydrogens is 328 g/mol. The van der Waals surface area contributed by atoms with Gasteiger partial charge in [-0.1, -0.05) is 0 Å².